The van der Waals surface area contributed by atoms with Gasteiger partial charge in [0.25, 0.3) is 17.4 Å². The van der Waals surface area contributed by atoms with Gasteiger partial charge in [0, 0.05) is 37.1 Å². The lowest BCUT2D eigenvalue weighted by Gasteiger charge is -2.08. The first-order valence-electron chi connectivity index (χ1n) is 12.7. The minimum atomic E-state index is -1.01. The van der Waals surface area contributed by atoms with Crippen molar-refractivity contribution in [1.82, 2.24) is 24.6 Å². The van der Waals surface area contributed by atoms with Crippen LogP contribution in [0.25, 0.3) is 17.7 Å². The van der Waals surface area contributed by atoms with E-state index in [1.165, 1.54) is 21.8 Å². The Bertz CT molecular complexity index is 1800. The zero-order valence-electron chi connectivity index (χ0n) is 22.3. The van der Waals surface area contributed by atoms with E-state index in [-0.39, 0.29) is 31.1 Å². The van der Waals surface area contributed by atoms with Crippen LogP contribution in [0.15, 0.2) is 53.6 Å². The number of hydrogen-bond acceptors (Lipinski definition) is 5. The number of carbonyl (C=O) groups is 2. The fraction of sp³-hybridized carbons (Fsp3) is 0.172. The Morgan fingerprint density at radius 1 is 1.15 bits per heavy atom. The normalized spacial score (nSPS) is 13.7. The zero-order chi connectivity index (χ0) is 29.3. The summed E-state index contributed by atoms with van der Waals surface area (Å²) in [4.78, 5) is 45.6. The summed E-state index contributed by atoms with van der Waals surface area (Å²) in [5.74, 6) is -2.78. The second-order valence-corrected chi connectivity index (χ2v) is 9.50. The number of halogens is 2. The molecular weight excluding hydrogens is 532 g/mol. The molecule has 0 radical (unpaired) electrons. The van der Waals surface area contributed by atoms with Gasteiger partial charge in [-0.15, -0.1) is 0 Å². The molecule has 10 nitrogen and oxygen atoms in total. The van der Waals surface area contributed by atoms with Gasteiger partial charge in [-0.2, -0.15) is 0 Å². The number of fused-ring (bicyclic) bond motifs is 1. The molecule has 12 heteroatoms. The highest BCUT2D eigenvalue weighted by Gasteiger charge is 2.25. The van der Waals surface area contributed by atoms with E-state index < -0.39 is 23.1 Å². The molecule has 1 aliphatic rings. The number of nitrogens with one attached hydrogen (secondary N) is 3. The van der Waals surface area contributed by atoms with Crippen molar-refractivity contribution in [2.75, 3.05) is 11.9 Å². The molecular formula is C29H27F2N7O3. The second-order valence-electron chi connectivity index (χ2n) is 9.50. The number of rotatable bonds is 8. The van der Waals surface area contributed by atoms with E-state index in [4.69, 9.17) is 5.73 Å². The number of benzene rings is 2. The quantitative estimate of drug-likeness (QED) is 0.246. The average Bonchev–Trinajstić information content (AvgIpc) is 3.59. The fourth-order valence-electron chi connectivity index (χ4n) is 4.66. The Kier molecular flexibility index (Phi) is 7.49. The molecule has 5 rings (SSSR count). The van der Waals surface area contributed by atoms with Crippen molar-refractivity contribution in [2.45, 2.75) is 20.0 Å². The van der Waals surface area contributed by atoms with E-state index in [0.717, 1.165) is 29.0 Å². The molecule has 0 spiro atoms. The molecule has 0 aliphatic carbocycles. The Balaban J connectivity index is 1.26. The first-order chi connectivity index (χ1) is 19.7. The third-order valence-corrected chi connectivity index (χ3v) is 6.96. The average molecular weight is 560 g/mol. The first kappa shape index (κ1) is 27.5. The molecule has 0 saturated carbocycles. The number of carbonyl (C=O) groups excluding carboxylic acids is 2. The molecule has 0 bridgehead atoms. The maximum absolute atomic E-state index is 13.6. The predicted octanol–water partition coefficient (Wildman–Crippen LogP) is 2.94. The van der Waals surface area contributed by atoms with Gasteiger partial charge in [0.2, 0.25) is 0 Å². The van der Waals surface area contributed by atoms with Crippen LogP contribution in [0.3, 0.4) is 0 Å². The predicted molar refractivity (Wildman–Crippen MR) is 151 cm³/mol. The van der Waals surface area contributed by atoms with Gasteiger partial charge in [0.1, 0.15) is 5.56 Å². The smallest absolute Gasteiger partial charge is 0.280 e. The van der Waals surface area contributed by atoms with Crippen LogP contribution in [-0.4, -0.2) is 37.7 Å². The molecule has 0 fully saturated rings. The molecule has 3 heterocycles. The summed E-state index contributed by atoms with van der Waals surface area (Å²) in [6.45, 7) is 2.02. The van der Waals surface area contributed by atoms with Gasteiger partial charge < -0.3 is 21.4 Å². The molecule has 0 atom stereocenters. The van der Waals surface area contributed by atoms with Gasteiger partial charge in [-0.25, -0.2) is 18.4 Å². The topological polar surface area (TPSA) is 140 Å². The molecule has 2 aromatic heterocycles. The lowest BCUT2D eigenvalue weighted by atomic mass is 10.0. The van der Waals surface area contributed by atoms with E-state index >= 15 is 0 Å². The van der Waals surface area contributed by atoms with Crippen LogP contribution in [0.1, 0.15) is 44.1 Å². The number of H-pyrrole nitrogens is 1. The third kappa shape index (κ3) is 5.37. The number of hydrogen-bond donors (Lipinski definition) is 4. The molecule has 1 aliphatic heterocycles. The fourth-order valence-corrected chi connectivity index (χ4v) is 4.66. The number of amides is 2. The minimum absolute atomic E-state index is 0.0256. The maximum Gasteiger partial charge on any atom is 0.280 e. The summed E-state index contributed by atoms with van der Waals surface area (Å²) in [7, 11) is 1.62. The molecule has 2 amide bonds. The van der Waals surface area contributed by atoms with Crippen LogP contribution in [0.5, 0.6) is 0 Å². The number of imidazole rings is 1. The van der Waals surface area contributed by atoms with Crippen LogP contribution in [0, 0.1) is 18.6 Å². The molecule has 210 valence electrons. The summed E-state index contributed by atoms with van der Waals surface area (Å²) in [6, 6.07) is 8.89. The van der Waals surface area contributed by atoms with Crippen LogP contribution in [-0.2, 0) is 24.9 Å². The summed E-state index contributed by atoms with van der Waals surface area (Å²) in [5, 5.41) is 5.57. The highest BCUT2D eigenvalue weighted by atomic mass is 19.2. The van der Waals surface area contributed by atoms with Crippen molar-refractivity contribution >= 4 is 35.2 Å². The van der Waals surface area contributed by atoms with Gasteiger partial charge in [-0.3, -0.25) is 19.1 Å². The van der Waals surface area contributed by atoms with Crippen molar-refractivity contribution in [3.05, 3.63) is 110 Å². The first-order valence-corrected chi connectivity index (χ1v) is 12.7. The van der Waals surface area contributed by atoms with Gasteiger partial charge in [-0.05, 0) is 42.3 Å². The van der Waals surface area contributed by atoms with Gasteiger partial charge >= 0.3 is 0 Å². The highest BCUT2D eigenvalue weighted by Crippen LogP contribution is 2.34. The highest BCUT2D eigenvalue weighted by molar-refractivity contribution is 6.34. The summed E-state index contributed by atoms with van der Waals surface area (Å²) >= 11 is 0. The molecule has 0 saturated heterocycles. The Labute approximate surface area is 233 Å². The van der Waals surface area contributed by atoms with Crippen LogP contribution >= 0.6 is 0 Å². The van der Waals surface area contributed by atoms with E-state index in [2.05, 4.69) is 20.6 Å². The van der Waals surface area contributed by atoms with Crippen molar-refractivity contribution in [3.8, 4) is 0 Å². The van der Waals surface area contributed by atoms with E-state index in [1.54, 1.807) is 32.2 Å². The van der Waals surface area contributed by atoms with E-state index in [0.29, 0.717) is 28.2 Å². The summed E-state index contributed by atoms with van der Waals surface area (Å²) < 4.78 is 29.7. The van der Waals surface area contributed by atoms with E-state index in [1.807, 2.05) is 18.2 Å². The SMILES string of the molecule is Cc1c(C(=O)NCC=Cc2ccc3c(c2)NC(=O)C3=Cc2nc[nH]c2CN)c(=O)n(Cc2ccc(F)c(F)c2)n1C. The van der Waals surface area contributed by atoms with Crippen molar-refractivity contribution in [2.24, 2.45) is 12.8 Å². The maximum atomic E-state index is 13.6. The third-order valence-electron chi connectivity index (χ3n) is 6.96. The number of aromatic amines is 1. The number of anilines is 1. The van der Waals surface area contributed by atoms with E-state index in [9.17, 15) is 23.2 Å². The zero-order valence-corrected chi connectivity index (χ0v) is 22.3. The van der Waals surface area contributed by atoms with Gasteiger partial charge in [0.05, 0.1) is 29.8 Å². The number of aromatic nitrogens is 4. The molecule has 0 unspecified atom stereocenters. The Morgan fingerprint density at radius 2 is 1.95 bits per heavy atom. The molecule has 2 aromatic carbocycles. The summed E-state index contributed by atoms with van der Waals surface area (Å²) in [5.41, 5.74) is 9.98. The number of nitrogens with zero attached hydrogens (tertiary/aromatic N) is 3. The van der Waals surface area contributed by atoms with Crippen LogP contribution in [0.2, 0.25) is 0 Å². The van der Waals surface area contributed by atoms with Crippen LogP contribution in [0.4, 0.5) is 14.5 Å². The lowest BCUT2D eigenvalue weighted by Crippen LogP contribution is -2.31. The largest absolute Gasteiger partial charge is 0.348 e. The monoisotopic (exact) mass is 559 g/mol. The standard InChI is InChI=1S/C29H27F2N7O3/c1-16-26(29(41)38(37(16)2)14-18-6-8-21(30)22(31)10-18)28(40)33-9-3-4-17-5-7-19-20(27(39)36-23(19)11-17)12-24-25(13-32)35-15-34-24/h3-8,10-12,15H,9,13-14,32H2,1-2H3,(H,33,40)(H,34,35)(H,36,39). The van der Waals surface area contributed by atoms with Gasteiger partial charge in [-0.1, -0.05) is 30.4 Å². The molecule has 41 heavy (non-hydrogen) atoms. The Morgan fingerprint density at radius 3 is 2.71 bits per heavy atom. The van der Waals surface area contributed by atoms with Crippen molar-refractivity contribution in [3.63, 3.8) is 0 Å². The number of nitrogens with two attached hydrogens (primary N) is 1. The van der Waals surface area contributed by atoms with Gasteiger partial charge in [0.15, 0.2) is 11.6 Å². The molecule has 5 N–H and O–H groups in total. The van der Waals surface area contributed by atoms with Crippen molar-refractivity contribution in [1.29, 1.82) is 0 Å². The van der Waals surface area contributed by atoms with Crippen molar-refractivity contribution < 1.29 is 18.4 Å². The van der Waals surface area contributed by atoms with Crippen LogP contribution < -0.4 is 21.9 Å². The lowest BCUT2D eigenvalue weighted by molar-refractivity contribution is -0.110. The minimum Gasteiger partial charge on any atom is -0.348 e. The second kappa shape index (κ2) is 11.2. The summed E-state index contributed by atoms with van der Waals surface area (Å²) in [6.07, 6.45) is 6.73. The Hall–Kier alpha value is -5.10. The molecule has 4 aromatic rings.